The van der Waals surface area contributed by atoms with Crippen LogP contribution in [0.15, 0.2) is 47.8 Å². The van der Waals surface area contributed by atoms with Crippen molar-refractivity contribution >= 4 is 28.5 Å². The van der Waals surface area contributed by atoms with Crippen molar-refractivity contribution in [3.05, 3.63) is 59.5 Å². The molecule has 3 aromatic rings. The number of anilines is 1. The Hall–Kier alpha value is -3.09. The number of amidine groups is 1. The van der Waals surface area contributed by atoms with Gasteiger partial charge in [0.15, 0.2) is 5.17 Å². The van der Waals surface area contributed by atoms with Crippen molar-refractivity contribution in [1.82, 2.24) is 24.2 Å². The minimum Gasteiger partial charge on any atom is -0.345 e. The van der Waals surface area contributed by atoms with Crippen molar-refractivity contribution < 1.29 is 0 Å². The predicted molar refractivity (Wildman–Crippen MR) is 151 cm³/mol. The lowest BCUT2D eigenvalue weighted by molar-refractivity contribution is 0.255. The van der Waals surface area contributed by atoms with Crippen LogP contribution in [-0.4, -0.2) is 68.3 Å². The highest BCUT2D eigenvalue weighted by atomic mass is 32.2. The lowest BCUT2D eigenvalue weighted by Gasteiger charge is -2.30. The third-order valence-electron chi connectivity index (χ3n) is 6.97. The van der Waals surface area contributed by atoms with Crippen molar-refractivity contribution in [3.63, 3.8) is 0 Å². The van der Waals surface area contributed by atoms with Gasteiger partial charge in [0.25, 0.3) is 0 Å². The Bertz CT molecular complexity index is 1290. The summed E-state index contributed by atoms with van der Waals surface area (Å²) in [4.78, 5) is 13.4. The molecule has 4 heterocycles. The van der Waals surface area contributed by atoms with E-state index in [9.17, 15) is 5.26 Å². The van der Waals surface area contributed by atoms with E-state index in [1.165, 1.54) is 37.1 Å². The number of piperidine rings is 1. The van der Waals surface area contributed by atoms with Crippen LogP contribution in [0.2, 0.25) is 0 Å². The predicted octanol–water partition coefficient (Wildman–Crippen LogP) is 4.78. The average molecular weight is 517 g/mol. The second kappa shape index (κ2) is 10.7. The second-order valence-electron chi connectivity index (χ2n) is 11.3. The quantitative estimate of drug-likeness (QED) is 0.436. The van der Waals surface area contributed by atoms with Gasteiger partial charge in [-0.1, -0.05) is 56.8 Å². The van der Waals surface area contributed by atoms with Crippen LogP contribution in [0, 0.1) is 16.7 Å². The summed E-state index contributed by atoms with van der Waals surface area (Å²) in [6.07, 6.45) is 6.07. The minimum atomic E-state index is -0.00903. The third-order valence-corrected chi connectivity index (χ3v) is 7.95. The minimum absolute atomic E-state index is 0.00903. The average Bonchev–Trinajstić information content (AvgIpc) is 3.52. The topological polar surface area (TPSA) is 76.1 Å². The van der Waals surface area contributed by atoms with Crippen LogP contribution in [0.4, 0.5) is 5.82 Å². The Labute approximate surface area is 224 Å². The van der Waals surface area contributed by atoms with E-state index in [0.717, 1.165) is 29.8 Å². The van der Waals surface area contributed by atoms with Crippen molar-refractivity contribution in [2.24, 2.45) is 10.5 Å². The first kappa shape index (κ1) is 25.6. The largest absolute Gasteiger partial charge is 0.345 e. The standard InChI is InChI=1S/C28H36N8S/c1-28(2,3)20-36(25-17-24(18-29)31-26-30-11-14-35(25)26)32-27-34(15-16-37-27)19-21-5-7-22(8-6-21)23-9-12-33(4)13-10-23/h5-8,11,14,17,23H,9-10,12-13,15-16,19-20H2,1-4H3/b32-27-. The number of nitriles is 1. The summed E-state index contributed by atoms with van der Waals surface area (Å²) in [5.41, 5.74) is 3.11. The van der Waals surface area contributed by atoms with Gasteiger partial charge in [0.1, 0.15) is 17.6 Å². The molecule has 9 heteroatoms. The van der Waals surface area contributed by atoms with E-state index in [0.29, 0.717) is 23.9 Å². The van der Waals surface area contributed by atoms with Gasteiger partial charge in [-0.25, -0.2) is 15.0 Å². The Kier molecular flexibility index (Phi) is 7.40. The van der Waals surface area contributed by atoms with Crippen LogP contribution in [0.25, 0.3) is 5.78 Å². The molecular formula is C28H36N8S. The van der Waals surface area contributed by atoms with E-state index >= 15 is 0 Å². The van der Waals surface area contributed by atoms with Crippen molar-refractivity contribution in [2.45, 2.75) is 46.1 Å². The molecule has 2 saturated heterocycles. The first-order valence-corrected chi connectivity index (χ1v) is 14.0. The first-order valence-electron chi connectivity index (χ1n) is 13.0. The van der Waals surface area contributed by atoms with Gasteiger partial charge in [0, 0.05) is 43.8 Å². The summed E-state index contributed by atoms with van der Waals surface area (Å²) in [6.45, 7) is 11.4. The van der Waals surface area contributed by atoms with Gasteiger partial charge in [-0.15, -0.1) is 5.10 Å². The number of thioether (sulfide) groups is 1. The van der Waals surface area contributed by atoms with Gasteiger partial charge in [-0.3, -0.25) is 4.40 Å². The molecule has 0 unspecified atom stereocenters. The van der Waals surface area contributed by atoms with Crippen LogP contribution >= 0.6 is 11.8 Å². The van der Waals surface area contributed by atoms with E-state index in [1.807, 2.05) is 15.6 Å². The lowest BCUT2D eigenvalue weighted by atomic mass is 9.89. The fraction of sp³-hybridized carbons (Fsp3) is 0.500. The summed E-state index contributed by atoms with van der Waals surface area (Å²) in [6, 6.07) is 13.2. The van der Waals surface area contributed by atoms with E-state index in [-0.39, 0.29) is 5.41 Å². The molecule has 37 heavy (non-hydrogen) atoms. The van der Waals surface area contributed by atoms with Crippen LogP contribution < -0.4 is 5.01 Å². The van der Waals surface area contributed by atoms with Crippen LogP contribution in [0.3, 0.4) is 0 Å². The summed E-state index contributed by atoms with van der Waals surface area (Å²) < 4.78 is 1.91. The number of nitrogens with zero attached hydrogens (tertiary/aromatic N) is 8. The third kappa shape index (κ3) is 6.08. The molecule has 1 aromatic carbocycles. The maximum absolute atomic E-state index is 9.56. The highest BCUT2D eigenvalue weighted by molar-refractivity contribution is 8.14. The van der Waals surface area contributed by atoms with E-state index in [2.05, 4.69) is 77.9 Å². The van der Waals surface area contributed by atoms with E-state index in [1.54, 1.807) is 24.0 Å². The van der Waals surface area contributed by atoms with Crippen LogP contribution in [-0.2, 0) is 6.54 Å². The highest BCUT2D eigenvalue weighted by Gasteiger charge is 2.25. The molecule has 0 saturated carbocycles. The van der Waals surface area contributed by atoms with E-state index < -0.39 is 0 Å². The normalized spacial score (nSPS) is 18.6. The molecule has 194 valence electrons. The molecule has 2 aromatic heterocycles. The van der Waals surface area contributed by atoms with Crippen molar-refractivity contribution in [2.75, 3.05) is 44.0 Å². The molecule has 2 fully saturated rings. The second-order valence-corrected chi connectivity index (χ2v) is 12.4. The maximum atomic E-state index is 9.56. The monoisotopic (exact) mass is 516 g/mol. The maximum Gasteiger partial charge on any atom is 0.236 e. The van der Waals surface area contributed by atoms with Crippen molar-refractivity contribution in [1.29, 1.82) is 5.26 Å². The molecule has 0 spiro atoms. The Morgan fingerprint density at radius 1 is 1.16 bits per heavy atom. The zero-order valence-electron chi connectivity index (χ0n) is 22.3. The Morgan fingerprint density at radius 2 is 1.92 bits per heavy atom. The van der Waals surface area contributed by atoms with Gasteiger partial charge in [0.05, 0.1) is 0 Å². The number of likely N-dealkylation sites (tertiary alicyclic amines) is 1. The molecule has 0 amide bonds. The number of aromatic nitrogens is 3. The molecule has 5 rings (SSSR count). The van der Waals surface area contributed by atoms with Crippen molar-refractivity contribution in [3.8, 4) is 6.07 Å². The molecular weight excluding hydrogens is 480 g/mol. The van der Waals surface area contributed by atoms with Gasteiger partial charge < -0.3 is 9.80 Å². The Balaban J connectivity index is 1.38. The Morgan fingerprint density at radius 3 is 2.62 bits per heavy atom. The van der Waals surface area contributed by atoms with Gasteiger partial charge in [-0.2, -0.15) is 5.26 Å². The smallest absolute Gasteiger partial charge is 0.236 e. The van der Waals surface area contributed by atoms with Crippen LogP contribution in [0.1, 0.15) is 56.4 Å². The molecule has 0 atom stereocenters. The summed E-state index contributed by atoms with van der Waals surface area (Å²) in [5, 5.41) is 17.7. The first-order chi connectivity index (χ1) is 17.8. The molecule has 8 nitrogen and oxygen atoms in total. The zero-order chi connectivity index (χ0) is 26.0. The number of hydrogen-bond acceptors (Lipinski definition) is 7. The summed E-state index contributed by atoms with van der Waals surface area (Å²) in [7, 11) is 2.21. The number of hydrazone groups is 1. The molecule has 2 aliphatic heterocycles. The van der Waals surface area contributed by atoms with Gasteiger partial charge in [0.2, 0.25) is 5.78 Å². The SMILES string of the molecule is CN1CCC(c2ccc(CN3CCS/C3=N\N(CC(C)(C)C)c3cc(C#N)nc4nccn34)cc2)CC1. The van der Waals surface area contributed by atoms with E-state index in [4.69, 9.17) is 5.10 Å². The molecule has 0 bridgehead atoms. The number of rotatable bonds is 6. The number of imidazole rings is 1. The summed E-state index contributed by atoms with van der Waals surface area (Å²) >= 11 is 1.79. The highest BCUT2D eigenvalue weighted by Crippen LogP contribution is 2.30. The fourth-order valence-electron chi connectivity index (χ4n) is 5.00. The number of benzene rings is 1. The fourth-order valence-corrected chi connectivity index (χ4v) is 5.98. The summed E-state index contributed by atoms with van der Waals surface area (Å²) in [5.74, 6) is 3.00. The lowest BCUT2D eigenvalue weighted by Crippen LogP contribution is -2.33. The molecule has 0 radical (unpaired) electrons. The number of hydrogen-bond donors (Lipinski definition) is 0. The molecule has 2 aliphatic rings. The number of fused-ring (bicyclic) bond motifs is 1. The molecule has 0 aliphatic carbocycles. The molecule has 0 N–H and O–H groups in total. The zero-order valence-corrected chi connectivity index (χ0v) is 23.1. The van der Waals surface area contributed by atoms with Gasteiger partial charge in [-0.05, 0) is 55.4 Å². The van der Waals surface area contributed by atoms with Gasteiger partial charge >= 0.3 is 0 Å². The van der Waals surface area contributed by atoms with Crippen LogP contribution in [0.5, 0.6) is 0 Å².